The molecule has 2 N–H and O–H groups in total. The lowest BCUT2D eigenvalue weighted by molar-refractivity contribution is -0.137. The number of benzene rings is 1. The minimum Gasteiger partial charge on any atom is -0.319 e. The number of alkyl halides is 3. The minimum absolute atomic E-state index is 0.460. The summed E-state index contributed by atoms with van der Waals surface area (Å²) in [6, 6.07) is 6.94. The lowest BCUT2D eigenvalue weighted by Gasteiger charge is -2.07. The van der Waals surface area contributed by atoms with E-state index in [0.29, 0.717) is 11.3 Å². The Labute approximate surface area is 108 Å². The molecule has 0 bridgehead atoms. The van der Waals surface area contributed by atoms with E-state index in [-0.39, 0.29) is 0 Å². The van der Waals surface area contributed by atoms with Crippen LogP contribution in [0.3, 0.4) is 0 Å². The van der Waals surface area contributed by atoms with Crippen LogP contribution in [0.25, 0.3) is 11.3 Å². The summed E-state index contributed by atoms with van der Waals surface area (Å²) in [5.41, 5.74) is 1.21. The number of halogens is 3. The van der Waals surface area contributed by atoms with Crippen LogP contribution in [0.4, 0.5) is 13.2 Å². The van der Waals surface area contributed by atoms with Gasteiger partial charge < -0.3 is 5.32 Å². The summed E-state index contributed by atoms with van der Waals surface area (Å²) in [6.07, 6.45) is -3.58. The van der Waals surface area contributed by atoms with E-state index in [9.17, 15) is 13.2 Å². The first kappa shape index (κ1) is 13.6. The number of aromatic amines is 1. The molecule has 0 radical (unpaired) electrons. The lowest BCUT2D eigenvalue weighted by atomic mass is 10.1. The van der Waals surface area contributed by atoms with Crippen molar-refractivity contribution in [3.8, 4) is 11.3 Å². The normalized spacial score (nSPS) is 11.8. The summed E-state index contributed by atoms with van der Waals surface area (Å²) in [5.74, 6) is 0. The molecule has 1 heterocycles. The summed E-state index contributed by atoms with van der Waals surface area (Å²) in [7, 11) is 1.84. The average Bonchev–Trinajstić information content (AvgIpc) is 2.84. The highest BCUT2D eigenvalue weighted by molar-refractivity contribution is 5.60. The number of hydrogen-bond acceptors (Lipinski definition) is 2. The Kier molecular flexibility index (Phi) is 3.90. The molecule has 0 amide bonds. The zero-order valence-electron chi connectivity index (χ0n) is 10.4. The highest BCUT2D eigenvalue weighted by Gasteiger charge is 2.30. The summed E-state index contributed by atoms with van der Waals surface area (Å²) in [6.45, 7) is 0.782. The Bertz CT molecular complexity index is 546. The molecule has 1 aromatic carbocycles. The molecule has 102 valence electrons. The molecule has 0 unspecified atom stereocenters. The highest BCUT2D eigenvalue weighted by Crippen LogP contribution is 2.31. The van der Waals surface area contributed by atoms with Crippen molar-refractivity contribution in [2.45, 2.75) is 12.6 Å². The Morgan fingerprint density at radius 3 is 2.74 bits per heavy atom. The number of nitrogens with one attached hydrogen (secondary N) is 2. The molecule has 6 heteroatoms. The van der Waals surface area contributed by atoms with Gasteiger partial charge in [0.05, 0.1) is 11.3 Å². The maximum atomic E-state index is 12.6. The van der Waals surface area contributed by atoms with Crippen LogP contribution < -0.4 is 5.32 Å². The van der Waals surface area contributed by atoms with Gasteiger partial charge in [0.1, 0.15) is 0 Å². The van der Waals surface area contributed by atoms with Gasteiger partial charge in [-0.1, -0.05) is 12.1 Å². The van der Waals surface area contributed by atoms with Crippen molar-refractivity contribution in [1.82, 2.24) is 15.5 Å². The van der Waals surface area contributed by atoms with Crippen LogP contribution in [0.1, 0.15) is 11.3 Å². The third kappa shape index (κ3) is 3.35. The SMILES string of the molecule is CNCCc1cc(-c2cccc(C(F)(F)F)c2)n[nH]1. The topological polar surface area (TPSA) is 40.7 Å². The van der Waals surface area contributed by atoms with E-state index in [0.717, 1.165) is 30.8 Å². The zero-order valence-corrected chi connectivity index (χ0v) is 10.4. The van der Waals surface area contributed by atoms with Gasteiger partial charge in [0.25, 0.3) is 0 Å². The van der Waals surface area contributed by atoms with Crippen LogP contribution in [-0.2, 0) is 12.6 Å². The summed E-state index contributed by atoms with van der Waals surface area (Å²) in [4.78, 5) is 0. The van der Waals surface area contributed by atoms with Crippen molar-refractivity contribution in [1.29, 1.82) is 0 Å². The standard InChI is InChI=1S/C13H14F3N3/c1-17-6-5-11-8-12(19-18-11)9-3-2-4-10(7-9)13(14,15)16/h2-4,7-8,17H,5-6H2,1H3,(H,18,19). The fourth-order valence-corrected chi connectivity index (χ4v) is 1.75. The summed E-state index contributed by atoms with van der Waals surface area (Å²) < 4.78 is 37.9. The number of nitrogens with zero attached hydrogens (tertiary/aromatic N) is 1. The van der Waals surface area contributed by atoms with Crippen molar-refractivity contribution in [3.05, 3.63) is 41.6 Å². The van der Waals surface area contributed by atoms with Crippen LogP contribution in [0.15, 0.2) is 30.3 Å². The Hall–Kier alpha value is -1.82. The first-order valence-electron chi connectivity index (χ1n) is 5.87. The second-order valence-electron chi connectivity index (χ2n) is 4.21. The van der Waals surface area contributed by atoms with Crippen LogP contribution in [0.5, 0.6) is 0 Å². The van der Waals surface area contributed by atoms with E-state index in [2.05, 4.69) is 15.5 Å². The molecule has 0 atom stereocenters. The summed E-state index contributed by atoms with van der Waals surface area (Å²) in [5, 5.41) is 9.87. The van der Waals surface area contributed by atoms with E-state index in [1.54, 1.807) is 12.1 Å². The second-order valence-corrected chi connectivity index (χ2v) is 4.21. The maximum Gasteiger partial charge on any atom is 0.416 e. The molecular formula is C13H14F3N3. The fourth-order valence-electron chi connectivity index (χ4n) is 1.75. The van der Waals surface area contributed by atoms with Gasteiger partial charge in [0, 0.05) is 24.2 Å². The number of aromatic nitrogens is 2. The predicted molar refractivity (Wildman–Crippen MR) is 66.7 cm³/mol. The van der Waals surface area contributed by atoms with E-state index in [4.69, 9.17) is 0 Å². The van der Waals surface area contributed by atoms with Crippen LogP contribution >= 0.6 is 0 Å². The van der Waals surface area contributed by atoms with Gasteiger partial charge in [-0.05, 0) is 25.2 Å². The van der Waals surface area contributed by atoms with E-state index in [1.165, 1.54) is 6.07 Å². The second kappa shape index (κ2) is 5.44. The first-order valence-corrected chi connectivity index (χ1v) is 5.87. The largest absolute Gasteiger partial charge is 0.416 e. The van der Waals surface area contributed by atoms with Crippen molar-refractivity contribution in [2.24, 2.45) is 0 Å². The maximum absolute atomic E-state index is 12.6. The Balaban J connectivity index is 2.24. The first-order chi connectivity index (χ1) is 9.00. The molecule has 19 heavy (non-hydrogen) atoms. The molecule has 0 fully saturated rings. The van der Waals surface area contributed by atoms with E-state index < -0.39 is 11.7 Å². The van der Waals surface area contributed by atoms with E-state index >= 15 is 0 Å². The molecule has 0 spiro atoms. The lowest BCUT2D eigenvalue weighted by Crippen LogP contribution is -2.10. The molecule has 1 aromatic heterocycles. The monoisotopic (exact) mass is 269 g/mol. The van der Waals surface area contributed by atoms with Gasteiger partial charge in [-0.25, -0.2) is 0 Å². The number of rotatable bonds is 4. The van der Waals surface area contributed by atoms with Crippen molar-refractivity contribution in [2.75, 3.05) is 13.6 Å². The molecule has 0 aliphatic heterocycles. The van der Waals surface area contributed by atoms with Crippen LogP contribution in [0.2, 0.25) is 0 Å². The third-order valence-corrected chi connectivity index (χ3v) is 2.76. The average molecular weight is 269 g/mol. The van der Waals surface area contributed by atoms with Crippen molar-refractivity contribution >= 4 is 0 Å². The predicted octanol–water partition coefficient (Wildman–Crippen LogP) is 2.86. The van der Waals surface area contributed by atoms with E-state index in [1.807, 2.05) is 7.05 Å². The molecule has 3 nitrogen and oxygen atoms in total. The quantitative estimate of drug-likeness (QED) is 0.896. The molecule has 2 rings (SSSR count). The molecule has 0 saturated carbocycles. The van der Waals surface area contributed by atoms with Crippen LogP contribution in [0, 0.1) is 0 Å². The van der Waals surface area contributed by atoms with Gasteiger partial charge in [-0.15, -0.1) is 0 Å². The fraction of sp³-hybridized carbons (Fsp3) is 0.308. The van der Waals surface area contributed by atoms with Gasteiger partial charge in [0.2, 0.25) is 0 Å². The number of likely N-dealkylation sites (N-methyl/N-ethyl adjacent to an activating group) is 1. The van der Waals surface area contributed by atoms with Gasteiger partial charge in [0.15, 0.2) is 0 Å². The Morgan fingerprint density at radius 2 is 2.05 bits per heavy atom. The molecular weight excluding hydrogens is 255 g/mol. The molecule has 0 saturated heterocycles. The van der Waals surface area contributed by atoms with Crippen molar-refractivity contribution in [3.63, 3.8) is 0 Å². The molecule has 0 aliphatic carbocycles. The third-order valence-electron chi connectivity index (χ3n) is 2.76. The molecule has 0 aliphatic rings. The summed E-state index contributed by atoms with van der Waals surface area (Å²) >= 11 is 0. The Morgan fingerprint density at radius 1 is 1.26 bits per heavy atom. The highest BCUT2D eigenvalue weighted by atomic mass is 19.4. The van der Waals surface area contributed by atoms with Gasteiger partial charge >= 0.3 is 6.18 Å². The number of hydrogen-bond donors (Lipinski definition) is 2. The molecule has 2 aromatic rings. The smallest absolute Gasteiger partial charge is 0.319 e. The minimum atomic E-state index is -4.33. The van der Waals surface area contributed by atoms with Crippen LogP contribution in [-0.4, -0.2) is 23.8 Å². The van der Waals surface area contributed by atoms with Crippen molar-refractivity contribution < 1.29 is 13.2 Å². The number of H-pyrrole nitrogens is 1. The van der Waals surface area contributed by atoms with Gasteiger partial charge in [-0.2, -0.15) is 18.3 Å². The zero-order chi connectivity index (χ0) is 13.9. The van der Waals surface area contributed by atoms with Gasteiger partial charge in [-0.3, -0.25) is 5.10 Å².